The molecule has 0 bridgehead atoms. The van der Waals surface area contributed by atoms with Crippen LogP contribution in [0.15, 0.2) is 24.3 Å². The van der Waals surface area contributed by atoms with Crippen LogP contribution in [0.1, 0.15) is 18.4 Å². The van der Waals surface area contributed by atoms with Crippen LogP contribution >= 0.6 is 0 Å². The zero-order chi connectivity index (χ0) is 13.4. The lowest BCUT2D eigenvalue weighted by Crippen LogP contribution is -2.27. The number of nitrogens with one attached hydrogen (secondary N) is 1. The van der Waals surface area contributed by atoms with Crippen molar-refractivity contribution >= 4 is 5.91 Å². The van der Waals surface area contributed by atoms with E-state index in [1.165, 1.54) is 12.1 Å². The van der Waals surface area contributed by atoms with Gasteiger partial charge in [-0.1, -0.05) is 12.1 Å². The summed E-state index contributed by atoms with van der Waals surface area (Å²) >= 11 is 0. The first-order valence-corrected chi connectivity index (χ1v) is 6.24. The molecule has 0 saturated heterocycles. The standard InChI is InChI=1S/C14H21FN2O/c1-17(2)11-3-10-16-14(18)9-6-12-4-7-13(15)8-5-12/h4-5,7-8H,3,6,9-11H2,1-2H3,(H,16,18). The molecule has 1 rings (SSSR count). The van der Waals surface area contributed by atoms with Crippen molar-refractivity contribution in [3.05, 3.63) is 35.6 Å². The second-order valence-corrected chi connectivity index (χ2v) is 4.63. The van der Waals surface area contributed by atoms with E-state index in [1.807, 2.05) is 14.1 Å². The monoisotopic (exact) mass is 252 g/mol. The summed E-state index contributed by atoms with van der Waals surface area (Å²) in [7, 11) is 4.02. The van der Waals surface area contributed by atoms with Gasteiger partial charge in [0.2, 0.25) is 5.91 Å². The predicted octanol–water partition coefficient (Wildman–Crippen LogP) is 1.83. The van der Waals surface area contributed by atoms with Crippen LogP contribution in [0.3, 0.4) is 0 Å². The topological polar surface area (TPSA) is 32.3 Å². The number of halogens is 1. The molecular formula is C14H21FN2O. The lowest BCUT2D eigenvalue weighted by Gasteiger charge is -2.09. The van der Waals surface area contributed by atoms with Crippen molar-refractivity contribution in [1.82, 2.24) is 10.2 Å². The Bertz CT molecular complexity index is 363. The van der Waals surface area contributed by atoms with Crippen LogP contribution in [0.4, 0.5) is 4.39 Å². The second kappa shape index (κ2) is 7.82. The predicted molar refractivity (Wildman–Crippen MR) is 70.9 cm³/mol. The Balaban J connectivity index is 2.15. The van der Waals surface area contributed by atoms with Crippen LogP contribution in [-0.2, 0) is 11.2 Å². The fourth-order valence-corrected chi connectivity index (χ4v) is 1.62. The number of carbonyl (C=O) groups is 1. The molecule has 100 valence electrons. The molecule has 0 atom stereocenters. The Kier molecular flexibility index (Phi) is 6.36. The zero-order valence-electron chi connectivity index (χ0n) is 11.1. The SMILES string of the molecule is CN(C)CCCNC(=O)CCc1ccc(F)cc1. The van der Waals surface area contributed by atoms with E-state index in [4.69, 9.17) is 0 Å². The normalized spacial score (nSPS) is 10.7. The van der Waals surface area contributed by atoms with Crippen molar-refractivity contribution < 1.29 is 9.18 Å². The van der Waals surface area contributed by atoms with Gasteiger partial charge in [0.05, 0.1) is 0 Å². The van der Waals surface area contributed by atoms with Crippen LogP contribution in [0, 0.1) is 5.82 Å². The molecule has 1 amide bonds. The Hall–Kier alpha value is -1.42. The molecule has 18 heavy (non-hydrogen) atoms. The van der Waals surface area contributed by atoms with E-state index >= 15 is 0 Å². The van der Waals surface area contributed by atoms with Crippen LogP contribution in [0.25, 0.3) is 0 Å². The summed E-state index contributed by atoms with van der Waals surface area (Å²) in [6.07, 6.45) is 2.06. The maximum absolute atomic E-state index is 12.7. The molecule has 0 heterocycles. The average molecular weight is 252 g/mol. The molecule has 0 aliphatic rings. The number of hydrogen-bond acceptors (Lipinski definition) is 2. The molecule has 0 aliphatic heterocycles. The van der Waals surface area contributed by atoms with E-state index in [0.29, 0.717) is 19.4 Å². The van der Waals surface area contributed by atoms with Gasteiger partial charge in [-0.05, 0) is 51.2 Å². The number of nitrogens with zero attached hydrogens (tertiary/aromatic N) is 1. The molecule has 0 saturated carbocycles. The summed E-state index contributed by atoms with van der Waals surface area (Å²) in [5, 5.41) is 2.88. The molecule has 1 aromatic rings. The first-order valence-electron chi connectivity index (χ1n) is 6.24. The Labute approximate surface area is 108 Å². The molecule has 0 spiro atoms. The van der Waals surface area contributed by atoms with Gasteiger partial charge in [0.1, 0.15) is 5.82 Å². The fourth-order valence-electron chi connectivity index (χ4n) is 1.62. The fraction of sp³-hybridized carbons (Fsp3) is 0.500. The van der Waals surface area contributed by atoms with Crippen molar-refractivity contribution in [1.29, 1.82) is 0 Å². The van der Waals surface area contributed by atoms with Crippen molar-refractivity contribution in [3.63, 3.8) is 0 Å². The lowest BCUT2D eigenvalue weighted by atomic mass is 10.1. The third kappa shape index (κ3) is 6.35. The van der Waals surface area contributed by atoms with Crippen molar-refractivity contribution in [2.45, 2.75) is 19.3 Å². The zero-order valence-corrected chi connectivity index (χ0v) is 11.1. The van der Waals surface area contributed by atoms with Gasteiger partial charge in [0.15, 0.2) is 0 Å². The van der Waals surface area contributed by atoms with Crippen molar-refractivity contribution in [2.75, 3.05) is 27.2 Å². The van der Waals surface area contributed by atoms with Gasteiger partial charge in [0.25, 0.3) is 0 Å². The maximum atomic E-state index is 12.7. The van der Waals surface area contributed by atoms with Crippen molar-refractivity contribution in [3.8, 4) is 0 Å². The highest BCUT2D eigenvalue weighted by atomic mass is 19.1. The smallest absolute Gasteiger partial charge is 0.220 e. The molecular weight excluding hydrogens is 231 g/mol. The lowest BCUT2D eigenvalue weighted by molar-refractivity contribution is -0.121. The molecule has 3 nitrogen and oxygen atoms in total. The Morgan fingerprint density at radius 3 is 2.56 bits per heavy atom. The summed E-state index contributed by atoms with van der Waals surface area (Å²) in [6, 6.07) is 6.28. The highest BCUT2D eigenvalue weighted by Gasteiger charge is 2.02. The Morgan fingerprint density at radius 1 is 1.28 bits per heavy atom. The highest BCUT2D eigenvalue weighted by Crippen LogP contribution is 2.05. The molecule has 0 fully saturated rings. The van der Waals surface area contributed by atoms with Crippen LogP contribution in [0.5, 0.6) is 0 Å². The van der Waals surface area contributed by atoms with Gasteiger partial charge in [-0.15, -0.1) is 0 Å². The number of hydrogen-bond donors (Lipinski definition) is 1. The van der Waals surface area contributed by atoms with E-state index in [2.05, 4.69) is 10.2 Å². The molecule has 0 aromatic heterocycles. The summed E-state index contributed by atoms with van der Waals surface area (Å²) in [5.74, 6) is -0.190. The molecule has 0 unspecified atom stereocenters. The largest absolute Gasteiger partial charge is 0.356 e. The van der Waals surface area contributed by atoms with Gasteiger partial charge in [0, 0.05) is 13.0 Å². The number of amides is 1. The van der Waals surface area contributed by atoms with Crippen LogP contribution in [-0.4, -0.2) is 38.0 Å². The van der Waals surface area contributed by atoms with Crippen LogP contribution in [0.2, 0.25) is 0 Å². The van der Waals surface area contributed by atoms with E-state index in [9.17, 15) is 9.18 Å². The van der Waals surface area contributed by atoms with Crippen LogP contribution < -0.4 is 5.32 Å². The maximum Gasteiger partial charge on any atom is 0.220 e. The van der Waals surface area contributed by atoms with E-state index in [1.54, 1.807) is 12.1 Å². The number of aryl methyl sites for hydroxylation is 1. The number of rotatable bonds is 7. The molecule has 1 N–H and O–H groups in total. The first-order chi connectivity index (χ1) is 8.58. The van der Waals surface area contributed by atoms with E-state index in [0.717, 1.165) is 18.5 Å². The second-order valence-electron chi connectivity index (χ2n) is 4.63. The minimum absolute atomic E-state index is 0.0538. The average Bonchev–Trinajstić information content (AvgIpc) is 2.34. The van der Waals surface area contributed by atoms with Crippen molar-refractivity contribution in [2.24, 2.45) is 0 Å². The van der Waals surface area contributed by atoms with E-state index in [-0.39, 0.29) is 11.7 Å². The Morgan fingerprint density at radius 2 is 1.94 bits per heavy atom. The summed E-state index contributed by atoms with van der Waals surface area (Å²) < 4.78 is 12.7. The number of benzene rings is 1. The van der Waals surface area contributed by atoms with Gasteiger partial charge >= 0.3 is 0 Å². The highest BCUT2D eigenvalue weighted by molar-refractivity contribution is 5.76. The summed E-state index contributed by atoms with van der Waals surface area (Å²) in [5.41, 5.74) is 0.986. The van der Waals surface area contributed by atoms with Gasteiger partial charge in [-0.25, -0.2) is 4.39 Å². The quantitative estimate of drug-likeness (QED) is 0.751. The summed E-state index contributed by atoms with van der Waals surface area (Å²) in [4.78, 5) is 13.6. The molecule has 0 aliphatic carbocycles. The van der Waals surface area contributed by atoms with Gasteiger partial charge in [-0.2, -0.15) is 0 Å². The third-order valence-electron chi connectivity index (χ3n) is 2.66. The van der Waals surface area contributed by atoms with Gasteiger partial charge in [-0.3, -0.25) is 4.79 Å². The molecule has 4 heteroatoms. The third-order valence-corrected chi connectivity index (χ3v) is 2.66. The molecule has 1 aromatic carbocycles. The van der Waals surface area contributed by atoms with E-state index < -0.39 is 0 Å². The minimum Gasteiger partial charge on any atom is -0.356 e. The molecule has 0 radical (unpaired) electrons. The minimum atomic E-state index is -0.244. The number of carbonyl (C=O) groups excluding carboxylic acids is 1. The van der Waals surface area contributed by atoms with Gasteiger partial charge < -0.3 is 10.2 Å². The summed E-state index contributed by atoms with van der Waals surface area (Å²) in [6.45, 7) is 1.68. The first kappa shape index (κ1) is 14.6.